The van der Waals surface area contributed by atoms with Crippen LogP contribution in [0.5, 0.6) is 11.5 Å². The largest absolute Gasteiger partial charge is 0.454 e. The molecular formula is C13H12BrN3O3. The van der Waals surface area contributed by atoms with Crippen LogP contribution in [-0.2, 0) is 13.6 Å². The van der Waals surface area contributed by atoms with Crippen LogP contribution in [0.2, 0.25) is 0 Å². The van der Waals surface area contributed by atoms with Gasteiger partial charge in [0.15, 0.2) is 11.5 Å². The number of carbonyl (C=O) groups excluding carboxylic acids is 1. The van der Waals surface area contributed by atoms with E-state index in [2.05, 4.69) is 26.3 Å². The molecule has 6 nitrogen and oxygen atoms in total. The molecule has 0 unspecified atom stereocenters. The number of rotatable bonds is 3. The lowest BCUT2D eigenvalue weighted by molar-refractivity contribution is 0.0950. The van der Waals surface area contributed by atoms with Gasteiger partial charge < -0.3 is 14.8 Å². The smallest absolute Gasteiger partial charge is 0.254 e. The minimum atomic E-state index is -0.160. The van der Waals surface area contributed by atoms with Crippen LogP contribution >= 0.6 is 15.9 Å². The number of hydrogen-bond donors (Lipinski definition) is 1. The number of nitrogens with one attached hydrogen (secondary N) is 1. The van der Waals surface area contributed by atoms with Gasteiger partial charge in [-0.1, -0.05) is 0 Å². The van der Waals surface area contributed by atoms with Crippen molar-refractivity contribution in [3.05, 3.63) is 40.1 Å². The van der Waals surface area contributed by atoms with E-state index in [9.17, 15) is 4.79 Å². The number of fused-ring (bicyclic) bond motifs is 1. The summed E-state index contributed by atoms with van der Waals surface area (Å²) in [5, 5.41) is 6.80. The minimum Gasteiger partial charge on any atom is -0.454 e. The summed E-state index contributed by atoms with van der Waals surface area (Å²) in [6, 6.07) is 3.76. The molecular weight excluding hydrogens is 326 g/mol. The van der Waals surface area contributed by atoms with E-state index < -0.39 is 0 Å². The average molecular weight is 338 g/mol. The van der Waals surface area contributed by atoms with Gasteiger partial charge in [0, 0.05) is 19.8 Å². The molecule has 0 fully saturated rings. The average Bonchev–Trinajstić information content (AvgIpc) is 3.04. The lowest BCUT2D eigenvalue weighted by atomic mass is 10.2. The molecule has 0 aliphatic carbocycles. The molecule has 2 aromatic rings. The van der Waals surface area contributed by atoms with Crippen LogP contribution in [0, 0.1) is 0 Å². The molecule has 1 aliphatic heterocycles. The first-order valence-corrected chi connectivity index (χ1v) is 6.77. The molecule has 0 saturated heterocycles. The molecule has 0 atom stereocenters. The molecule has 0 radical (unpaired) electrons. The Kier molecular flexibility index (Phi) is 3.35. The van der Waals surface area contributed by atoms with Crippen LogP contribution in [0.3, 0.4) is 0 Å². The molecule has 104 valence electrons. The van der Waals surface area contributed by atoms with Crippen molar-refractivity contribution in [1.29, 1.82) is 0 Å². The molecule has 0 bridgehead atoms. The fraction of sp³-hybridized carbons (Fsp3) is 0.231. The molecule has 0 saturated carbocycles. The summed E-state index contributed by atoms with van der Waals surface area (Å²) < 4.78 is 13.1. The molecule has 3 rings (SSSR count). The Morgan fingerprint density at radius 2 is 2.35 bits per heavy atom. The number of benzene rings is 1. The zero-order valence-corrected chi connectivity index (χ0v) is 12.3. The number of ether oxygens (including phenoxy) is 2. The number of aryl methyl sites for hydroxylation is 1. The standard InChI is InChI=1S/C13H12BrN3O3/c1-17-6-9(5-16-17)13(18)15-4-8-2-10(14)12-11(3-8)19-7-20-12/h2-3,5-6H,4,7H2,1H3,(H,15,18). The van der Waals surface area contributed by atoms with Crippen molar-refractivity contribution < 1.29 is 14.3 Å². The van der Waals surface area contributed by atoms with Gasteiger partial charge in [0.2, 0.25) is 6.79 Å². The van der Waals surface area contributed by atoms with Gasteiger partial charge in [0.1, 0.15) is 0 Å². The fourth-order valence-electron chi connectivity index (χ4n) is 1.95. The maximum Gasteiger partial charge on any atom is 0.254 e. The molecule has 1 aliphatic rings. The second-order valence-corrected chi connectivity index (χ2v) is 5.25. The van der Waals surface area contributed by atoms with Crippen LogP contribution < -0.4 is 14.8 Å². The van der Waals surface area contributed by atoms with Crippen molar-refractivity contribution >= 4 is 21.8 Å². The molecule has 20 heavy (non-hydrogen) atoms. The van der Waals surface area contributed by atoms with Crippen molar-refractivity contribution in [2.24, 2.45) is 7.05 Å². The van der Waals surface area contributed by atoms with Gasteiger partial charge in [-0.3, -0.25) is 9.48 Å². The highest BCUT2D eigenvalue weighted by molar-refractivity contribution is 9.10. The van der Waals surface area contributed by atoms with Crippen molar-refractivity contribution in [2.45, 2.75) is 6.54 Å². The molecule has 2 heterocycles. The van der Waals surface area contributed by atoms with Crippen molar-refractivity contribution in [3.63, 3.8) is 0 Å². The van der Waals surface area contributed by atoms with E-state index in [1.165, 1.54) is 6.20 Å². The van der Waals surface area contributed by atoms with Crippen molar-refractivity contribution in [3.8, 4) is 11.5 Å². The van der Waals surface area contributed by atoms with Gasteiger partial charge >= 0.3 is 0 Å². The number of hydrogen-bond acceptors (Lipinski definition) is 4. The Hall–Kier alpha value is -2.02. The highest BCUT2D eigenvalue weighted by Gasteiger charge is 2.18. The summed E-state index contributed by atoms with van der Waals surface area (Å²) in [4.78, 5) is 11.9. The van der Waals surface area contributed by atoms with Gasteiger partial charge in [-0.15, -0.1) is 0 Å². The molecule has 1 aromatic heterocycles. The molecule has 0 spiro atoms. The number of aromatic nitrogens is 2. The maximum atomic E-state index is 11.9. The van der Waals surface area contributed by atoms with E-state index in [0.29, 0.717) is 23.6 Å². The summed E-state index contributed by atoms with van der Waals surface area (Å²) >= 11 is 3.42. The minimum absolute atomic E-state index is 0.160. The summed E-state index contributed by atoms with van der Waals surface area (Å²) in [6.45, 7) is 0.627. The van der Waals surface area contributed by atoms with E-state index in [1.807, 2.05) is 12.1 Å². The molecule has 7 heteroatoms. The third-order valence-corrected chi connectivity index (χ3v) is 3.50. The Morgan fingerprint density at radius 1 is 1.50 bits per heavy atom. The summed E-state index contributed by atoms with van der Waals surface area (Å²) in [6.07, 6.45) is 3.20. The second kappa shape index (κ2) is 5.16. The number of halogens is 1. The normalized spacial score (nSPS) is 12.5. The van der Waals surface area contributed by atoms with E-state index in [0.717, 1.165) is 10.0 Å². The zero-order chi connectivity index (χ0) is 14.1. The predicted octanol–water partition coefficient (Wildman–Crippen LogP) is 1.84. The third-order valence-electron chi connectivity index (χ3n) is 2.91. The van der Waals surface area contributed by atoms with Crippen LogP contribution in [0.15, 0.2) is 29.0 Å². The van der Waals surface area contributed by atoms with Crippen LogP contribution in [0.1, 0.15) is 15.9 Å². The lowest BCUT2D eigenvalue weighted by Crippen LogP contribution is -2.22. The molecule has 1 N–H and O–H groups in total. The van der Waals surface area contributed by atoms with Gasteiger partial charge in [-0.2, -0.15) is 5.10 Å². The Morgan fingerprint density at radius 3 is 3.10 bits per heavy atom. The zero-order valence-electron chi connectivity index (χ0n) is 10.7. The quantitative estimate of drug-likeness (QED) is 0.928. The topological polar surface area (TPSA) is 65.4 Å². The third kappa shape index (κ3) is 2.49. The highest BCUT2D eigenvalue weighted by atomic mass is 79.9. The van der Waals surface area contributed by atoms with Crippen molar-refractivity contribution in [2.75, 3.05) is 6.79 Å². The Labute approximate surface area is 123 Å². The first-order valence-electron chi connectivity index (χ1n) is 5.98. The number of carbonyl (C=O) groups is 1. The predicted molar refractivity (Wildman–Crippen MR) is 74.6 cm³/mol. The Bertz CT molecular complexity index is 669. The number of amides is 1. The summed E-state index contributed by atoms with van der Waals surface area (Å²) in [7, 11) is 1.77. The van der Waals surface area contributed by atoms with Gasteiger partial charge in [-0.05, 0) is 33.6 Å². The summed E-state index contributed by atoms with van der Waals surface area (Å²) in [5.74, 6) is 1.23. The first kappa shape index (κ1) is 13.0. The van der Waals surface area contributed by atoms with Crippen molar-refractivity contribution in [1.82, 2.24) is 15.1 Å². The Balaban J connectivity index is 1.70. The van der Waals surface area contributed by atoms with E-state index in [-0.39, 0.29) is 12.7 Å². The lowest BCUT2D eigenvalue weighted by Gasteiger charge is -2.06. The van der Waals surface area contributed by atoms with E-state index in [4.69, 9.17) is 9.47 Å². The van der Waals surface area contributed by atoms with E-state index in [1.54, 1.807) is 17.9 Å². The first-order chi connectivity index (χ1) is 9.63. The van der Waals surface area contributed by atoms with Crippen LogP contribution in [-0.4, -0.2) is 22.5 Å². The van der Waals surface area contributed by atoms with Crippen LogP contribution in [0.4, 0.5) is 0 Å². The molecule has 1 amide bonds. The van der Waals surface area contributed by atoms with E-state index >= 15 is 0 Å². The maximum absolute atomic E-state index is 11.9. The van der Waals surface area contributed by atoms with Gasteiger partial charge in [-0.25, -0.2) is 0 Å². The van der Waals surface area contributed by atoms with Gasteiger partial charge in [0.05, 0.1) is 16.2 Å². The fourth-order valence-corrected chi connectivity index (χ4v) is 2.55. The van der Waals surface area contributed by atoms with Gasteiger partial charge in [0.25, 0.3) is 5.91 Å². The molecule has 1 aromatic carbocycles. The highest BCUT2D eigenvalue weighted by Crippen LogP contribution is 2.39. The van der Waals surface area contributed by atoms with Crippen LogP contribution in [0.25, 0.3) is 0 Å². The SMILES string of the molecule is Cn1cc(C(=O)NCc2cc(Br)c3c(c2)OCO3)cn1. The monoisotopic (exact) mass is 337 g/mol. The second-order valence-electron chi connectivity index (χ2n) is 4.40. The summed E-state index contributed by atoms with van der Waals surface area (Å²) in [5.41, 5.74) is 1.46. The number of nitrogens with zero attached hydrogens (tertiary/aromatic N) is 2.